The number of carbonyl (C=O) groups excluding carboxylic acids is 2. The zero-order valence-corrected chi connectivity index (χ0v) is 14.5. The van der Waals surface area contributed by atoms with Crippen LogP contribution in [0.2, 0.25) is 5.02 Å². The maximum atomic E-state index is 12.0. The second kappa shape index (κ2) is 8.80. The summed E-state index contributed by atoms with van der Waals surface area (Å²) in [5.41, 5.74) is -0.0402. The Morgan fingerprint density at radius 1 is 1.28 bits per heavy atom. The highest BCUT2D eigenvalue weighted by atomic mass is 35.5. The number of amides is 1. The molecule has 0 saturated heterocycles. The lowest BCUT2D eigenvalue weighted by molar-refractivity contribution is -0.140. The van der Waals surface area contributed by atoms with Crippen molar-refractivity contribution in [3.05, 3.63) is 22.7 Å². The smallest absolute Gasteiger partial charge is 0.405 e. The van der Waals surface area contributed by atoms with E-state index >= 15 is 0 Å². The molecule has 0 unspecified atom stereocenters. The van der Waals surface area contributed by atoms with Gasteiger partial charge >= 0.3 is 12.1 Å². The highest BCUT2D eigenvalue weighted by molar-refractivity contribution is 6.32. The molecule has 0 radical (unpaired) electrons. The van der Waals surface area contributed by atoms with Crippen molar-refractivity contribution in [2.45, 2.75) is 26.1 Å². The highest BCUT2D eigenvalue weighted by Crippen LogP contribution is 2.37. The number of hydrogen-bond donors (Lipinski definition) is 1. The molecule has 0 aliphatic carbocycles. The largest absolute Gasteiger partial charge is 0.493 e. The van der Waals surface area contributed by atoms with Gasteiger partial charge in [-0.1, -0.05) is 11.6 Å². The number of nitrogens with one attached hydrogen (secondary N) is 1. The second-order valence-corrected chi connectivity index (χ2v) is 5.53. The van der Waals surface area contributed by atoms with Crippen LogP contribution in [0.25, 0.3) is 0 Å². The zero-order valence-electron chi connectivity index (χ0n) is 13.7. The van der Waals surface area contributed by atoms with Gasteiger partial charge in [0.15, 0.2) is 18.1 Å². The monoisotopic (exact) mass is 383 g/mol. The fourth-order valence-electron chi connectivity index (χ4n) is 1.65. The van der Waals surface area contributed by atoms with Gasteiger partial charge in [-0.05, 0) is 26.0 Å². The van der Waals surface area contributed by atoms with E-state index < -0.39 is 31.2 Å². The first kappa shape index (κ1) is 20.9. The normalized spacial score (nSPS) is 11.2. The van der Waals surface area contributed by atoms with Crippen LogP contribution in [0.3, 0.4) is 0 Å². The quantitative estimate of drug-likeness (QED) is 0.733. The van der Waals surface area contributed by atoms with Crippen molar-refractivity contribution < 1.29 is 37.0 Å². The first-order chi connectivity index (χ1) is 11.5. The lowest BCUT2D eigenvalue weighted by Crippen LogP contribution is -2.36. The molecular weight excluding hydrogens is 367 g/mol. The minimum Gasteiger partial charge on any atom is -0.493 e. The molecule has 0 spiro atoms. The molecule has 25 heavy (non-hydrogen) atoms. The molecule has 6 nitrogen and oxygen atoms in total. The third kappa shape index (κ3) is 7.08. The molecule has 0 saturated carbocycles. The summed E-state index contributed by atoms with van der Waals surface area (Å²) in [5.74, 6) is -1.62. The molecule has 0 atom stereocenters. The van der Waals surface area contributed by atoms with Crippen LogP contribution in [0.4, 0.5) is 13.2 Å². The van der Waals surface area contributed by atoms with Crippen LogP contribution < -0.4 is 14.8 Å². The third-order valence-corrected chi connectivity index (χ3v) is 2.92. The molecule has 0 aliphatic rings. The van der Waals surface area contributed by atoms with Crippen molar-refractivity contribution in [2.75, 3.05) is 20.3 Å². The van der Waals surface area contributed by atoms with Gasteiger partial charge in [0, 0.05) is 0 Å². The first-order valence-corrected chi connectivity index (χ1v) is 7.46. The van der Waals surface area contributed by atoms with Gasteiger partial charge in [0.2, 0.25) is 0 Å². The van der Waals surface area contributed by atoms with Crippen molar-refractivity contribution in [2.24, 2.45) is 0 Å². The molecule has 140 valence electrons. The number of alkyl halides is 3. The van der Waals surface area contributed by atoms with E-state index in [1.165, 1.54) is 19.2 Å². The number of benzene rings is 1. The van der Waals surface area contributed by atoms with Crippen LogP contribution in [0.1, 0.15) is 24.2 Å². The summed E-state index contributed by atoms with van der Waals surface area (Å²) in [4.78, 5) is 23.2. The Labute approximate surface area is 147 Å². The van der Waals surface area contributed by atoms with Crippen molar-refractivity contribution in [1.29, 1.82) is 0 Å². The van der Waals surface area contributed by atoms with Crippen LogP contribution in [-0.4, -0.2) is 44.4 Å². The summed E-state index contributed by atoms with van der Waals surface area (Å²) in [5, 5.41) is 1.67. The number of methoxy groups -OCH3 is 1. The maximum Gasteiger partial charge on any atom is 0.405 e. The molecule has 0 heterocycles. The molecule has 10 heteroatoms. The topological polar surface area (TPSA) is 73.9 Å². The summed E-state index contributed by atoms with van der Waals surface area (Å²) in [7, 11) is 1.35. The van der Waals surface area contributed by atoms with E-state index in [2.05, 4.69) is 4.74 Å². The van der Waals surface area contributed by atoms with Crippen LogP contribution in [0, 0.1) is 0 Å². The summed E-state index contributed by atoms with van der Waals surface area (Å²) in [6.45, 7) is 1.18. The number of hydrogen-bond acceptors (Lipinski definition) is 5. The van der Waals surface area contributed by atoms with Gasteiger partial charge in [0.1, 0.15) is 6.54 Å². The Bertz CT molecular complexity index is 634. The number of halogens is 4. The Morgan fingerprint density at radius 2 is 1.92 bits per heavy atom. The average Bonchev–Trinajstić information content (AvgIpc) is 2.51. The van der Waals surface area contributed by atoms with Crippen LogP contribution >= 0.6 is 11.6 Å². The van der Waals surface area contributed by atoms with Gasteiger partial charge in [-0.25, -0.2) is 4.79 Å². The fourth-order valence-corrected chi connectivity index (χ4v) is 1.91. The molecule has 0 aliphatic heterocycles. The zero-order chi connectivity index (χ0) is 19.2. The molecule has 0 aromatic heterocycles. The van der Waals surface area contributed by atoms with E-state index in [1.807, 2.05) is 0 Å². The number of esters is 1. The van der Waals surface area contributed by atoms with Gasteiger partial charge in [-0.3, -0.25) is 4.79 Å². The summed E-state index contributed by atoms with van der Waals surface area (Å²) in [6.07, 6.45) is -4.74. The Kier molecular flexibility index (Phi) is 7.35. The molecular formula is C15H17ClF3NO5. The predicted octanol–water partition coefficient (Wildman–Crippen LogP) is 2.97. The van der Waals surface area contributed by atoms with Crippen LogP contribution in [-0.2, 0) is 9.53 Å². The lowest BCUT2D eigenvalue weighted by atomic mass is 10.2. The van der Waals surface area contributed by atoms with E-state index in [-0.39, 0.29) is 28.2 Å². The van der Waals surface area contributed by atoms with Gasteiger partial charge in [0.25, 0.3) is 5.91 Å². The average molecular weight is 384 g/mol. The first-order valence-electron chi connectivity index (χ1n) is 7.08. The number of carbonyl (C=O) groups is 2. The molecule has 1 aromatic carbocycles. The molecule has 1 rings (SSSR count). The van der Waals surface area contributed by atoms with E-state index in [0.717, 1.165) is 0 Å². The van der Waals surface area contributed by atoms with Crippen molar-refractivity contribution in [1.82, 2.24) is 5.32 Å². The van der Waals surface area contributed by atoms with Crippen LogP contribution in [0.15, 0.2) is 12.1 Å². The van der Waals surface area contributed by atoms with E-state index in [1.54, 1.807) is 19.2 Å². The third-order valence-electron chi connectivity index (χ3n) is 2.64. The Hall–Kier alpha value is -2.16. The predicted molar refractivity (Wildman–Crippen MR) is 83.1 cm³/mol. The summed E-state index contributed by atoms with van der Waals surface area (Å²) >= 11 is 6.05. The maximum absolute atomic E-state index is 12.0. The van der Waals surface area contributed by atoms with Crippen molar-refractivity contribution in [3.8, 4) is 11.5 Å². The summed E-state index contributed by atoms with van der Waals surface area (Å²) in [6, 6.07) is 2.54. The SMILES string of the molecule is COc1cc(C(=O)OCC(=O)NCC(F)(F)F)cc(Cl)c1OC(C)C. The number of ether oxygens (including phenoxy) is 3. The lowest BCUT2D eigenvalue weighted by Gasteiger charge is -2.16. The van der Waals surface area contributed by atoms with Gasteiger partial charge in [-0.15, -0.1) is 0 Å². The van der Waals surface area contributed by atoms with Crippen LogP contribution in [0.5, 0.6) is 11.5 Å². The minimum absolute atomic E-state index is 0.0402. The van der Waals surface area contributed by atoms with Crippen molar-refractivity contribution >= 4 is 23.5 Å². The molecule has 0 fully saturated rings. The van der Waals surface area contributed by atoms with Crippen molar-refractivity contribution in [3.63, 3.8) is 0 Å². The Morgan fingerprint density at radius 3 is 2.44 bits per heavy atom. The molecule has 0 bridgehead atoms. The van der Waals surface area contributed by atoms with Gasteiger partial charge in [-0.2, -0.15) is 13.2 Å². The minimum atomic E-state index is -4.55. The van der Waals surface area contributed by atoms with Gasteiger partial charge < -0.3 is 19.5 Å². The summed E-state index contributed by atoms with van der Waals surface area (Å²) < 4.78 is 51.2. The van der Waals surface area contributed by atoms with E-state index in [4.69, 9.17) is 21.1 Å². The number of rotatable bonds is 7. The fraction of sp³-hybridized carbons (Fsp3) is 0.467. The molecule has 1 aromatic rings. The second-order valence-electron chi connectivity index (χ2n) is 5.12. The Balaban J connectivity index is 2.75. The highest BCUT2D eigenvalue weighted by Gasteiger charge is 2.28. The molecule has 1 amide bonds. The van der Waals surface area contributed by atoms with Gasteiger partial charge in [0.05, 0.1) is 23.8 Å². The van der Waals surface area contributed by atoms with E-state index in [9.17, 15) is 22.8 Å². The molecule has 1 N–H and O–H groups in total. The van der Waals surface area contributed by atoms with E-state index in [0.29, 0.717) is 0 Å². The standard InChI is InChI=1S/C15H17ClF3NO5/c1-8(2)25-13-10(16)4-9(5-11(13)23-3)14(22)24-6-12(21)20-7-15(17,18)19/h4-5,8H,6-7H2,1-3H3,(H,20,21).